The van der Waals surface area contributed by atoms with Gasteiger partial charge in [0.15, 0.2) is 0 Å². The number of hydrogen-bond donors (Lipinski definition) is 0. The van der Waals surface area contributed by atoms with Crippen LogP contribution in [-0.4, -0.2) is 53.2 Å². The van der Waals surface area contributed by atoms with Gasteiger partial charge in [0.1, 0.15) is 18.8 Å². The van der Waals surface area contributed by atoms with Crippen LogP contribution in [0.5, 0.6) is 0 Å². The lowest BCUT2D eigenvalue weighted by Crippen LogP contribution is -2.38. The van der Waals surface area contributed by atoms with Gasteiger partial charge in [-0.15, -0.1) is 0 Å². The summed E-state index contributed by atoms with van der Waals surface area (Å²) in [5.74, 6) is 1.33. The van der Waals surface area contributed by atoms with Gasteiger partial charge in [0, 0.05) is 17.8 Å². The number of hydrogen-bond acceptors (Lipinski definition) is 5. The minimum atomic E-state index is -0.310. The fourth-order valence-corrected chi connectivity index (χ4v) is 3.22. The molecule has 120 valence electrons. The lowest BCUT2D eigenvalue weighted by atomic mass is 9.91. The number of aromatic nitrogens is 2. The summed E-state index contributed by atoms with van der Waals surface area (Å²) in [6.45, 7) is 7.85. The molecule has 0 aromatic carbocycles. The van der Waals surface area contributed by atoms with Crippen molar-refractivity contribution in [2.45, 2.75) is 39.2 Å². The van der Waals surface area contributed by atoms with E-state index in [2.05, 4.69) is 28.7 Å². The van der Waals surface area contributed by atoms with E-state index in [0.29, 0.717) is 30.9 Å². The molecule has 3 heterocycles. The van der Waals surface area contributed by atoms with E-state index in [0.717, 1.165) is 12.1 Å². The second-order valence-electron chi connectivity index (χ2n) is 6.41. The third kappa shape index (κ3) is 3.38. The zero-order valence-corrected chi connectivity index (χ0v) is 13.4. The first kappa shape index (κ1) is 15.2. The van der Waals surface area contributed by atoms with Crippen molar-refractivity contribution in [3.8, 4) is 0 Å². The van der Waals surface area contributed by atoms with Gasteiger partial charge in [-0.25, -0.2) is 14.8 Å². The van der Waals surface area contributed by atoms with Crippen LogP contribution in [0.3, 0.4) is 0 Å². The predicted molar refractivity (Wildman–Crippen MR) is 83.9 cm³/mol. The number of carbonyl (C=O) groups is 1. The summed E-state index contributed by atoms with van der Waals surface area (Å²) in [5.41, 5.74) is 1.02. The van der Waals surface area contributed by atoms with Gasteiger partial charge >= 0.3 is 6.09 Å². The van der Waals surface area contributed by atoms with Crippen LogP contribution in [-0.2, 0) is 11.2 Å². The number of amides is 1. The fourth-order valence-electron chi connectivity index (χ4n) is 3.22. The van der Waals surface area contributed by atoms with Gasteiger partial charge in [-0.1, -0.05) is 0 Å². The van der Waals surface area contributed by atoms with Crippen LogP contribution in [0, 0.1) is 5.92 Å². The molecule has 22 heavy (non-hydrogen) atoms. The van der Waals surface area contributed by atoms with E-state index in [1.165, 1.54) is 25.9 Å². The third-order valence-corrected chi connectivity index (χ3v) is 4.62. The molecule has 1 amide bonds. The summed E-state index contributed by atoms with van der Waals surface area (Å²) < 4.78 is 4.96. The maximum absolute atomic E-state index is 11.6. The van der Waals surface area contributed by atoms with E-state index in [-0.39, 0.29) is 6.09 Å². The molecule has 0 atom stereocenters. The Balaban J connectivity index is 1.60. The molecule has 2 saturated heterocycles. The molecule has 0 saturated carbocycles. The minimum absolute atomic E-state index is 0.310. The molecular weight excluding hydrogens is 280 g/mol. The van der Waals surface area contributed by atoms with Gasteiger partial charge in [-0.3, -0.25) is 4.90 Å². The second kappa shape index (κ2) is 6.60. The van der Waals surface area contributed by atoms with Crippen molar-refractivity contribution in [3.05, 3.63) is 18.1 Å². The molecular formula is C16H24N4O2. The van der Waals surface area contributed by atoms with Gasteiger partial charge in [0.05, 0.1) is 6.54 Å². The Hall–Kier alpha value is -1.69. The van der Waals surface area contributed by atoms with Gasteiger partial charge in [0.2, 0.25) is 0 Å². The molecule has 0 radical (unpaired) electrons. The quantitative estimate of drug-likeness (QED) is 0.852. The fraction of sp³-hybridized carbons (Fsp3) is 0.688. The number of nitrogens with zero attached hydrogens (tertiary/aromatic N) is 4. The smallest absolute Gasteiger partial charge is 0.415 e. The Morgan fingerprint density at radius 1 is 1.27 bits per heavy atom. The second-order valence-corrected chi connectivity index (χ2v) is 6.41. The standard InChI is InChI=1S/C16H24N4O2/c1-12(2)19-5-3-13(4-6-19)9-14-10-15(18-11-17-14)20-7-8-22-16(20)21/h10-13H,3-9H2,1-2H3. The zero-order valence-electron chi connectivity index (χ0n) is 13.4. The summed E-state index contributed by atoms with van der Waals surface area (Å²) in [6, 6.07) is 2.56. The molecule has 0 bridgehead atoms. The number of cyclic esters (lactones) is 1. The van der Waals surface area contributed by atoms with Crippen LogP contribution < -0.4 is 4.90 Å². The summed E-state index contributed by atoms with van der Waals surface area (Å²) in [5, 5.41) is 0. The molecule has 2 aliphatic rings. The summed E-state index contributed by atoms with van der Waals surface area (Å²) in [7, 11) is 0. The Morgan fingerprint density at radius 2 is 2.05 bits per heavy atom. The van der Waals surface area contributed by atoms with Crippen molar-refractivity contribution >= 4 is 11.9 Å². The molecule has 2 aliphatic heterocycles. The molecule has 6 heteroatoms. The summed E-state index contributed by atoms with van der Waals surface area (Å²) in [4.78, 5) is 24.3. The normalized spacial score (nSPS) is 20.7. The molecule has 0 aliphatic carbocycles. The number of carbonyl (C=O) groups excluding carboxylic acids is 1. The van der Waals surface area contributed by atoms with E-state index < -0.39 is 0 Å². The van der Waals surface area contributed by atoms with Crippen LogP contribution in [0.4, 0.5) is 10.6 Å². The average molecular weight is 304 g/mol. The highest BCUT2D eigenvalue weighted by molar-refractivity contribution is 5.88. The maximum atomic E-state index is 11.6. The molecule has 0 N–H and O–H groups in total. The van der Waals surface area contributed by atoms with Crippen molar-refractivity contribution in [2.24, 2.45) is 5.92 Å². The SMILES string of the molecule is CC(C)N1CCC(Cc2cc(N3CCOC3=O)ncn2)CC1. The van der Waals surface area contributed by atoms with Crippen molar-refractivity contribution in [3.63, 3.8) is 0 Å². The number of likely N-dealkylation sites (tertiary alicyclic amines) is 1. The Morgan fingerprint density at radius 3 is 2.68 bits per heavy atom. The lowest BCUT2D eigenvalue weighted by molar-refractivity contribution is 0.149. The number of anilines is 1. The Labute approximate surface area is 131 Å². The van der Waals surface area contributed by atoms with Crippen LogP contribution >= 0.6 is 0 Å². The maximum Gasteiger partial charge on any atom is 0.415 e. The minimum Gasteiger partial charge on any atom is -0.447 e. The van der Waals surface area contributed by atoms with Gasteiger partial charge < -0.3 is 9.64 Å². The average Bonchev–Trinajstić information content (AvgIpc) is 2.94. The first-order valence-electron chi connectivity index (χ1n) is 8.12. The lowest BCUT2D eigenvalue weighted by Gasteiger charge is -2.34. The van der Waals surface area contributed by atoms with Gasteiger partial charge in [-0.05, 0) is 52.1 Å². The highest BCUT2D eigenvalue weighted by atomic mass is 16.6. The molecule has 3 rings (SSSR count). The van der Waals surface area contributed by atoms with E-state index in [9.17, 15) is 4.79 Å². The van der Waals surface area contributed by atoms with Gasteiger partial charge in [0.25, 0.3) is 0 Å². The molecule has 1 aromatic rings. The van der Waals surface area contributed by atoms with Crippen LogP contribution in [0.25, 0.3) is 0 Å². The monoisotopic (exact) mass is 304 g/mol. The largest absolute Gasteiger partial charge is 0.447 e. The zero-order chi connectivity index (χ0) is 15.5. The molecule has 6 nitrogen and oxygen atoms in total. The molecule has 1 aromatic heterocycles. The first-order valence-corrected chi connectivity index (χ1v) is 8.12. The molecule has 2 fully saturated rings. The number of rotatable bonds is 4. The summed E-state index contributed by atoms with van der Waals surface area (Å²) in [6.07, 6.45) is 4.63. The summed E-state index contributed by atoms with van der Waals surface area (Å²) >= 11 is 0. The molecule has 0 spiro atoms. The topological polar surface area (TPSA) is 58.6 Å². The van der Waals surface area contributed by atoms with E-state index in [1.54, 1.807) is 11.2 Å². The van der Waals surface area contributed by atoms with Crippen molar-refractivity contribution in [1.82, 2.24) is 14.9 Å². The van der Waals surface area contributed by atoms with E-state index in [4.69, 9.17) is 4.74 Å². The Bertz CT molecular complexity index is 527. The van der Waals surface area contributed by atoms with E-state index >= 15 is 0 Å². The third-order valence-electron chi connectivity index (χ3n) is 4.62. The van der Waals surface area contributed by atoms with Crippen molar-refractivity contribution < 1.29 is 9.53 Å². The van der Waals surface area contributed by atoms with Crippen LogP contribution in [0.1, 0.15) is 32.4 Å². The van der Waals surface area contributed by atoms with Crippen LogP contribution in [0.2, 0.25) is 0 Å². The van der Waals surface area contributed by atoms with Crippen LogP contribution in [0.15, 0.2) is 12.4 Å². The van der Waals surface area contributed by atoms with Crippen molar-refractivity contribution in [1.29, 1.82) is 0 Å². The number of piperidine rings is 1. The number of ether oxygens (including phenoxy) is 1. The predicted octanol–water partition coefficient (Wildman–Crippen LogP) is 2.10. The Kier molecular flexibility index (Phi) is 4.57. The van der Waals surface area contributed by atoms with Gasteiger partial charge in [-0.2, -0.15) is 0 Å². The van der Waals surface area contributed by atoms with E-state index in [1.807, 2.05) is 6.07 Å². The molecule has 0 unspecified atom stereocenters. The van der Waals surface area contributed by atoms with Crippen molar-refractivity contribution in [2.75, 3.05) is 31.1 Å². The first-order chi connectivity index (χ1) is 10.6. The highest BCUT2D eigenvalue weighted by Gasteiger charge is 2.26. The highest BCUT2D eigenvalue weighted by Crippen LogP contribution is 2.23.